The second-order valence-electron chi connectivity index (χ2n) is 5.72. The summed E-state index contributed by atoms with van der Waals surface area (Å²) in [6.07, 6.45) is 0. The number of carbonyl (C=O) groups excluding carboxylic acids is 1. The molecular weight excluding hydrogens is 224 g/mol. The number of esters is 1. The van der Waals surface area contributed by atoms with Gasteiger partial charge in [0.2, 0.25) is 0 Å². The van der Waals surface area contributed by atoms with Crippen molar-refractivity contribution in [3.8, 4) is 5.75 Å². The van der Waals surface area contributed by atoms with E-state index in [-0.39, 0.29) is 11.9 Å². The molecule has 0 aliphatic carbocycles. The molecule has 0 N–H and O–H groups in total. The van der Waals surface area contributed by atoms with Crippen LogP contribution in [-0.2, 0) is 4.79 Å². The summed E-state index contributed by atoms with van der Waals surface area (Å²) in [6.45, 7) is 12.5. The van der Waals surface area contributed by atoms with Crippen molar-refractivity contribution in [1.29, 1.82) is 0 Å². The average molecular weight is 246 g/mol. The van der Waals surface area contributed by atoms with Crippen molar-refractivity contribution in [2.45, 2.75) is 47.5 Å². The molecule has 1 aromatic carbocycles. The maximum atomic E-state index is 12.1. The van der Waals surface area contributed by atoms with Crippen LogP contribution in [0.3, 0.4) is 0 Å². The molecule has 0 amide bonds. The lowest BCUT2D eigenvalue weighted by molar-refractivity contribution is -0.139. The molecule has 0 radical (unpaired) electrons. The van der Waals surface area contributed by atoms with Gasteiger partial charge in [0.1, 0.15) is 5.75 Å². The number of aryl methyl sites for hydroxylation is 1. The van der Waals surface area contributed by atoms with Crippen molar-refractivity contribution in [2.75, 3.05) is 0 Å². The first kappa shape index (κ1) is 13.1. The van der Waals surface area contributed by atoms with Gasteiger partial charge in [0.05, 0.1) is 5.92 Å². The van der Waals surface area contributed by atoms with Crippen molar-refractivity contribution in [3.63, 3.8) is 0 Å². The first-order chi connectivity index (χ1) is 8.34. The van der Waals surface area contributed by atoms with Gasteiger partial charge < -0.3 is 4.74 Å². The van der Waals surface area contributed by atoms with Crippen LogP contribution in [0.5, 0.6) is 5.75 Å². The lowest BCUT2D eigenvalue weighted by atomic mass is 9.80. The van der Waals surface area contributed by atoms with Crippen LogP contribution < -0.4 is 4.74 Å². The second-order valence-corrected chi connectivity index (χ2v) is 5.72. The number of carbonyl (C=O) groups is 1. The van der Waals surface area contributed by atoms with Crippen molar-refractivity contribution in [3.05, 3.63) is 28.3 Å². The van der Waals surface area contributed by atoms with Crippen LogP contribution in [0.1, 0.15) is 48.9 Å². The number of rotatable bonds is 0. The number of hydrogen-bond donors (Lipinski definition) is 0. The van der Waals surface area contributed by atoms with Gasteiger partial charge in [0.25, 0.3) is 0 Å². The Hall–Kier alpha value is -1.31. The van der Waals surface area contributed by atoms with Gasteiger partial charge in [0, 0.05) is 0 Å². The fraction of sp³-hybridized carbons (Fsp3) is 0.562. The van der Waals surface area contributed by atoms with E-state index in [4.69, 9.17) is 4.74 Å². The van der Waals surface area contributed by atoms with E-state index in [1.807, 2.05) is 13.8 Å². The van der Waals surface area contributed by atoms with Gasteiger partial charge in [-0.25, -0.2) is 0 Å². The topological polar surface area (TPSA) is 26.3 Å². The fourth-order valence-corrected chi connectivity index (χ4v) is 2.69. The fourth-order valence-electron chi connectivity index (χ4n) is 2.69. The van der Waals surface area contributed by atoms with Crippen molar-refractivity contribution in [2.24, 2.45) is 11.8 Å². The highest BCUT2D eigenvalue weighted by molar-refractivity contribution is 5.77. The zero-order chi connectivity index (χ0) is 13.6. The highest BCUT2D eigenvalue weighted by Crippen LogP contribution is 2.42. The summed E-state index contributed by atoms with van der Waals surface area (Å²) in [5, 5.41) is 0. The Morgan fingerprint density at radius 3 is 2.22 bits per heavy atom. The van der Waals surface area contributed by atoms with E-state index in [0.29, 0.717) is 11.8 Å². The minimum atomic E-state index is -0.0977. The normalized spacial score (nSPS) is 27.4. The van der Waals surface area contributed by atoms with Crippen LogP contribution in [0.15, 0.2) is 6.07 Å². The Morgan fingerprint density at radius 1 is 1.00 bits per heavy atom. The molecule has 0 saturated carbocycles. The highest BCUT2D eigenvalue weighted by Gasteiger charge is 2.34. The minimum Gasteiger partial charge on any atom is -0.426 e. The molecule has 2 rings (SSSR count). The third-order valence-electron chi connectivity index (χ3n) is 4.77. The number of hydrogen-bond acceptors (Lipinski definition) is 2. The molecule has 0 aromatic heterocycles. The molecule has 0 fully saturated rings. The molecular formula is C16H22O2. The SMILES string of the molecule is Cc1cc2c(c(C)c1C)OC(=O)C(C)C(C)C2C. The van der Waals surface area contributed by atoms with Gasteiger partial charge in [-0.1, -0.05) is 26.8 Å². The van der Waals surface area contributed by atoms with E-state index in [0.717, 1.165) is 11.3 Å². The Kier molecular flexibility index (Phi) is 3.22. The number of benzene rings is 1. The lowest BCUT2D eigenvalue weighted by Crippen LogP contribution is -2.23. The van der Waals surface area contributed by atoms with Gasteiger partial charge >= 0.3 is 5.97 Å². The summed E-state index contributed by atoms with van der Waals surface area (Å²) in [5.41, 5.74) is 4.78. The summed E-state index contributed by atoms with van der Waals surface area (Å²) in [5.74, 6) is 1.30. The van der Waals surface area contributed by atoms with E-state index < -0.39 is 0 Å². The first-order valence-corrected chi connectivity index (χ1v) is 6.67. The van der Waals surface area contributed by atoms with Gasteiger partial charge in [-0.05, 0) is 54.9 Å². The zero-order valence-corrected chi connectivity index (χ0v) is 12.1. The van der Waals surface area contributed by atoms with Crippen LogP contribution in [-0.4, -0.2) is 5.97 Å². The van der Waals surface area contributed by atoms with Gasteiger partial charge in [-0.15, -0.1) is 0 Å². The molecule has 3 unspecified atom stereocenters. The largest absolute Gasteiger partial charge is 0.426 e. The van der Waals surface area contributed by atoms with Gasteiger partial charge in [0.15, 0.2) is 0 Å². The van der Waals surface area contributed by atoms with Crippen molar-refractivity contribution in [1.82, 2.24) is 0 Å². The van der Waals surface area contributed by atoms with E-state index in [2.05, 4.69) is 33.8 Å². The number of fused-ring (bicyclic) bond motifs is 1. The molecule has 0 spiro atoms. The predicted molar refractivity (Wildman–Crippen MR) is 73.0 cm³/mol. The minimum absolute atomic E-state index is 0.0487. The van der Waals surface area contributed by atoms with Crippen LogP contribution in [0.4, 0.5) is 0 Å². The van der Waals surface area contributed by atoms with Gasteiger partial charge in [-0.3, -0.25) is 4.79 Å². The Labute approximate surface area is 109 Å². The standard InChI is InChI=1S/C16H22O2/c1-8-7-14-11(4)10(3)13(6)16(17)18-15(14)12(5)9(8)2/h7,10-11,13H,1-6H3. The second kappa shape index (κ2) is 4.42. The summed E-state index contributed by atoms with van der Waals surface area (Å²) in [6, 6.07) is 2.18. The molecule has 1 heterocycles. The molecule has 2 heteroatoms. The van der Waals surface area contributed by atoms with E-state index in [9.17, 15) is 4.79 Å². The molecule has 1 aliphatic rings. The van der Waals surface area contributed by atoms with Crippen LogP contribution >= 0.6 is 0 Å². The van der Waals surface area contributed by atoms with Gasteiger partial charge in [-0.2, -0.15) is 0 Å². The van der Waals surface area contributed by atoms with Crippen LogP contribution in [0, 0.1) is 32.6 Å². The molecule has 1 aromatic rings. The first-order valence-electron chi connectivity index (χ1n) is 6.67. The summed E-state index contributed by atoms with van der Waals surface area (Å²) in [4.78, 5) is 12.1. The molecule has 0 bridgehead atoms. The molecule has 18 heavy (non-hydrogen) atoms. The Balaban J connectivity index is 2.66. The molecule has 98 valence electrons. The lowest BCUT2D eigenvalue weighted by Gasteiger charge is -2.22. The van der Waals surface area contributed by atoms with E-state index in [1.165, 1.54) is 16.7 Å². The third-order valence-corrected chi connectivity index (χ3v) is 4.77. The summed E-state index contributed by atoms with van der Waals surface area (Å²) >= 11 is 0. The maximum absolute atomic E-state index is 12.1. The summed E-state index contributed by atoms with van der Waals surface area (Å²) < 4.78 is 5.64. The average Bonchev–Trinajstić information content (AvgIpc) is 2.42. The third kappa shape index (κ3) is 1.84. The van der Waals surface area contributed by atoms with Crippen LogP contribution in [0.2, 0.25) is 0 Å². The van der Waals surface area contributed by atoms with E-state index >= 15 is 0 Å². The monoisotopic (exact) mass is 246 g/mol. The smallest absolute Gasteiger partial charge is 0.314 e. The van der Waals surface area contributed by atoms with E-state index in [1.54, 1.807) is 0 Å². The Bertz CT molecular complexity index is 502. The summed E-state index contributed by atoms with van der Waals surface area (Å²) in [7, 11) is 0. The Morgan fingerprint density at radius 2 is 1.61 bits per heavy atom. The molecule has 3 atom stereocenters. The predicted octanol–water partition coefficient (Wildman–Crippen LogP) is 3.91. The maximum Gasteiger partial charge on any atom is 0.314 e. The number of ether oxygens (including phenoxy) is 1. The highest BCUT2D eigenvalue weighted by atomic mass is 16.5. The molecule has 1 aliphatic heterocycles. The quantitative estimate of drug-likeness (QED) is 0.512. The van der Waals surface area contributed by atoms with Crippen LogP contribution in [0.25, 0.3) is 0 Å². The van der Waals surface area contributed by atoms with Crippen molar-refractivity contribution >= 4 is 5.97 Å². The van der Waals surface area contributed by atoms with Crippen molar-refractivity contribution < 1.29 is 9.53 Å². The zero-order valence-electron chi connectivity index (χ0n) is 12.1. The molecule has 0 saturated heterocycles. The molecule has 2 nitrogen and oxygen atoms in total.